The van der Waals surface area contributed by atoms with Crippen LogP contribution in [-0.2, 0) is 6.54 Å². The van der Waals surface area contributed by atoms with Gasteiger partial charge in [0.25, 0.3) is 0 Å². The number of hydrogen-bond donors (Lipinski definition) is 4. The lowest BCUT2D eigenvalue weighted by Crippen LogP contribution is -2.20. The van der Waals surface area contributed by atoms with Crippen LogP contribution in [0.3, 0.4) is 0 Å². The summed E-state index contributed by atoms with van der Waals surface area (Å²) in [6, 6.07) is 6.28. The second-order valence-corrected chi connectivity index (χ2v) is 5.86. The van der Waals surface area contributed by atoms with Gasteiger partial charge in [0.05, 0.1) is 29.9 Å². The van der Waals surface area contributed by atoms with E-state index >= 15 is 0 Å². The first-order valence-electron chi connectivity index (χ1n) is 8.18. The third kappa shape index (κ3) is 4.55. The molecule has 3 rings (SSSR count). The number of amides is 1. The van der Waals surface area contributed by atoms with Crippen LogP contribution in [0.25, 0.3) is 16.7 Å². The summed E-state index contributed by atoms with van der Waals surface area (Å²) in [7, 11) is 0. The highest BCUT2D eigenvalue weighted by Crippen LogP contribution is 2.29. The molecule has 2 aromatic heterocycles. The van der Waals surface area contributed by atoms with Gasteiger partial charge >= 0.3 is 12.5 Å². The third-order valence-corrected chi connectivity index (χ3v) is 3.93. The van der Waals surface area contributed by atoms with Gasteiger partial charge in [-0.3, -0.25) is 0 Å². The first-order valence-corrected chi connectivity index (χ1v) is 8.18. The van der Waals surface area contributed by atoms with E-state index in [9.17, 15) is 28.2 Å². The minimum Gasteiger partial charge on any atom is -0.465 e. The molecule has 0 spiro atoms. The van der Waals surface area contributed by atoms with Gasteiger partial charge in [-0.2, -0.15) is 5.10 Å². The van der Waals surface area contributed by atoms with Gasteiger partial charge in [0, 0.05) is 6.20 Å². The molecule has 2 heterocycles. The number of benzene rings is 1. The summed E-state index contributed by atoms with van der Waals surface area (Å²) in [5, 5.41) is 35.0. The van der Waals surface area contributed by atoms with Crippen molar-refractivity contribution in [3.05, 3.63) is 47.8 Å². The average molecular weight is 412 g/mol. The zero-order valence-electron chi connectivity index (χ0n) is 14.6. The summed E-state index contributed by atoms with van der Waals surface area (Å²) in [5.41, 5.74) is 1.05. The molecule has 3 aromatic rings. The van der Waals surface area contributed by atoms with Gasteiger partial charge in [0.15, 0.2) is 5.65 Å². The average Bonchev–Trinajstić information content (AvgIpc) is 3.04. The van der Waals surface area contributed by atoms with Crippen LogP contribution in [0.1, 0.15) is 17.4 Å². The van der Waals surface area contributed by atoms with Gasteiger partial charge < -0.3 is 25.4 Å². The van der Waals surface area contributed by atoms with Crippen molar-refractivity contribution >= 4 is 17.1 Å². The van der Waals surface area contributed by atoms with Crippen molar-refractivity contribution in [2.45, 2.75) is 19.0 Å². The van der Waals surface area contributed by atoms with Crippen LogP contribution in [0.15, 0.2) is 36.5 Å². The molecule has 0 saturated heterocycles. The summed E-state index contributed by atoms with van der Waals surface area (Å²) >= 11 is 0. The van der Waals surface area contributed by atoms with Crippen molar-refractivity contribution in [3.8, 4) is 11.4 Å². The summed E-state index contributed by atoms with van der Waals surface area (Å²) in [6.45, 7) is -0.801. The molecule has 1 amide bonds. The Morgan fingerprint density at radius 1 is 1.24 bits per heavy atom. The fourth-order valence-corrected chi connectivity index (χ4v) is 2.77. The lowest BCUT2D eigenvalue weighted by molar-refractivity contribution is -0.274. The van der Waals surface area contributed by atoms with Crippen LogP contribution in [0, 0.1) is 0 Å². The summed E-state index contributed by atoms with van der Waals surface area (Å²) in [5.74, 6) is -0.421. The van der Waals surface area contributed by atoms with E-state index in [1.54, 1.807) is 0 Å². The number of aliphatic hydroxyl groups excluding tert-OH is 2. The maximum atomic E-state index is 12.3. The van der Waals surface area contributed by atoms with Crippen LogP contribution >= 0.6 is 0 Å². The van der Waals surface area contributed by atoms with Crippen LogP contribution in [0.5, 0.6) is 5.75 Å². The third-order valence-electron chi connectivity index (χ3n) is 3.93. The maximum Gasteiger partial charge on any atom is 0.573 e. The molecule has 0 bridgehead atoms. The van der Waals surface area contributed by atoms with Crippen molar-refractivity contribution in [2.75, 3.05) is 6.61 Å². The number of hydrogen-bond acceptors (Lipinski definition) is 6. The van der Waals surface area contributed by atoms with Crippen molar-refractivity contribution in [1.82, 2.24) is 20.1 Å². The second-order valence-electron chi connectivity index (χ2n) is 5.86. The zero-order chi connectivity index (χ0) is 21.2. The fourth-order valence-electron chi connectivity index (χ4n) is 2.77. The number of halogens is 3. The van der Waals surface area contributed by atoms with Crippen LogP contribution in [0.4, 0.5) is 18.0 Å². The van der Waals surface area contributed by atoms with E-state index in [0.29, 0.717) is 11.1 Å². The minimum absolute atomic E-state index is 0.216. The number of ether oxygens (including phenoxy) is 1. The van der Waals surface area contributed by atoms with Crippen molar-refractivity contribution < 1.29 is 38.0 Å². The van der Waals surface area contributed by atoms with Crippen molar-refractivity contribution in [2.24, 2.45) is 0 Å². The lowest BCUT2D eigenvalue weighted by atomic mass is 10.1. The van der Waals surface area contributed by atoms with Crippen LogP contribution < -0.4 is 10.1 Å². The van der Waals surface area contributed by atoms with Gasteiger partial charge in [0.2, 0.25) is 0 Å². The number of nitrogens with zero attached hydrogens (tertiary/aromatic N) is 3. The number of carboxylic acid groups (broad SMARTS) is 1. The number of pyridine rings is 1. The molecule has 12 heteroatoms. The first kappa shape index (κ1) is 20.4. The lowest BCUT2D eigenvalue weighted by Gasteiger charge is -2.10. The van der Waals surface area contributed by atoms with E-state index in [0.717, 1.165) is 12.1 Å². The smallest absolute Gasteiger partial charge is 0.465 e. The monoisotopic (exact) mass is 412 g/mol. The second kappa shape index (κ2) is 7.93. The molecule has 4 N–H and O–H groups in total. The predicted molar refractivity (Wildman–Crippen MR) is 92.5 cm³/mol. The Bertz CT molecular complexity index is 1020. The van der Waals surface area contributed by atoms with Gasteiger partial charge in [-0.05, 0) is 35.9 Å². The maximum absolute atomic E-state index is 12.3. The van der Waals surface area contributed by atoms with E-state index in [1.165, 1.54) is 29.1 Å². The quantitative estimate of drug-likeness (QED) is 0.488. The standard InChI is InChI=1S/C17H15F3N4O5/c18-17(19,20)29-10-3-1-9(2-4-10)24-15-14(12(23-24)7-22-16(27)28)11(5-6-21-15)13(26)8-25/h1-6,13,22,25-26H,7-8H2,(H,27,28). The van der Waals surface area contributed by atoms with E-state index in [1.807, 2.05) is 0 Å². The highest BCUT2D eigenvalue weighted by Gasteiger charge is 2.31. The number of carbonyl (C=O) groups is 1. The predicted octanol–water partition coefficient (Wildman–Crippen LogP) is 2.11. The number of rotatable bonds is 6. The molecule has 0 saturated carbocycles. The molecule has 0 fully saturated rings. The minimum atomic E-state index is -4.83. The van der Waals surface area contributed by atoms with Crippen molar-refractivity contribution in [1.29, 1.82) is 0 Å². The van der Waals surface area contributed by atoms with Gasteiger partial charge in [0.1, 0.15) is 11.9 Å². The number of alkyl halides is 3. The molecule has 0 aliphatic heterocycles. The SMILES string of the molecule is O=C(O)NCc1nn(-c2ccc(OC(F)(F)F)cc2)c2nccc(C(O)CO)c12. The number of nitrogens with one attached hydrogen (secondary N) is 1. The molecule has 0 radical (unpaired) electrons. The Labute approximate surface area is 161 Å². The number of aromatic nitrogens is 3. The molecule has 0 aliphatic rings. The number of aliphatic hydroxyl groups is 2. The Morgan fingerprint density at radius 3 is 2.52 bits per heavy atom. The molecule has 29 heavy (non-hydrogen) atoms. The molecule has 9 nitrogen and oxygen atoms in total. The molecule has 1 aromatic carbocycles. The van der Waals surface area contributed by atoms with E-state index in [2.05, 4.69) is 20.1 Å². The Kier molecular flexibility index (Phi) is 5.57. The topological polar surface area (TPSA) is 130 Å². The molecule has 1 atom stereocenters. The Morgan fingerprint density at radius 2 is 1.93 bits per heavy atom. The molecule has 154 valence electrons. The van der Waals surface area contributed by atoms with Crippen molar-refractivity contribution in [3.63, 3.8) is 0 Å². The zero-order valence-corrected chi connectivity index (χ0v) is 14.6. The molecule has 1 unspecified atom stereocenters. The molecule has 0 aliphatic carbocycles. The van der Waals surface area contributed by atoms with E-state index < -0.39 is 30.9 Å². The largest absolute Gasteiger partial charge is 0.573 e. The Balaban J connectivity index is 2.09. The van der Waals surface area contributed by atoms with Gasteiger partial charge in [-0.15, -0.1) is 13.2 Å². The highest BCUT2D eigenvalue weighted by molar-refractivity contribution is 5.84. The Hall–Kier alpha value is -3.38. The van der Waals surface area contributed by atoms with E-state index in [-0.39, 0.29) is 23.4 Å². The number of fused-ring (bicyclic) bond motifs is 1. The van der Waals surface area contributed by atoms with E-state index in [4.69, 9.17) is 5.11 Å². The normalized spacial score (nSPS) is 12.7. The summed E-state index contributed by atoms with van der Waals surface area (Å²) in [6.07, 6.45) is -6.02. The summed E-state index contributed by atoms with van der Waals surface area (Å²) in [4.78, 5) is 15.0. The molecular formula is C17H15F3N4O5. The fraction of sp³-hybridized carbons (Fsp3) is 0.235. The van der Waals surface area contributed by atoms with Gasteiger partial charge in [-0.1, -0.05) is 0 Å². The first-order chi connectivity index (χ1) is 13.7. The molecular weight excluding hydrogens is 397 g/mol. The van der Waals surface area contributed by atoms with Crippen LogP contribution in [0.2, 0.25) is 0 Å². The summed E-state index contributed by atoms with van der Waals surface area (Å²) < 4.78 is 42.1. The van der Waals surface area contributed by atoms with Crippen LogP contribution in [-0.4, -0.2) is 49.1 Å². The van der Waals surface area contributed by atoms with Gasteiger partial charge in [-0.25, -0.2) is 14.5 Å². The highest BCUT2D eigenvalue weighted by atomic mass is 19.4.